The summed E-state index contributed by atoms with van der Waals surface area (Å²) >= 11 is 0. The summed E-state index contributed by atoms with van der Waals surface area (Å²) in [6, 6.07) is 0.326. The maximum atomic E-state index is 5.59. The van der Waals surface area contributed by atoms with Gasteiger partial charge in [-0.2, -0.15) is 0 Å². The predicted octanol–water partition coefficient (Wildman–Crippen LogP) is 3.00. The molecule has 0 aromatic rings. The van der Waals surface area contributed by atoms with Crippen LogP contribution in [0.25, 0.3) is 0 Å². The van der Waals surface area contributed by atoms with Gasteiger partial charge in [0.25, 0.3) is 0 Å². The minimum atomic E-state index is 0.326. The zero-order chi connectivity index (χ0) is 11.3. The molecule has 0 aliphatic heterocycles. The van der Waals surface area contributed by atoms with Gasteiger partial charge in [-0.25, -0.2) is 0 Å². The number of rotatable bonds is 5. The second-order valence-electron chi connectivity index (χ2n) is 5.06. The third-order valence-corrected chi connectivity index (χ3v) is 3.77. The summed E-state index contributed by atoms with van der Waals surface area (Å²) in [5.74, 6) is 7.26. The lowest BCUT2D eigenvalue weighted by molar-refractivity contribution is 0.228. The van der Waals surface area contributed by atoms with Gasteiger partial charge in [-0.15, -0.1) is 0 Å². The summed E-state index contributed by atoms with van der Waals surface area (Å²) in [7, 11) is 0. The molecule has 0 bridgehead atoms. The fourth-order valence-corrected chi connectivity index (χ4v) is 2.90. The van der Waals surface area contributed by atoms with E-state index in [4.69, 9.17) is 5.84 Å². The first-order valence-electron chi connectivity index (χ1n) is 6.30. The Kier molecular flexibility index (Phi) is 5.34. The van der Waals surface area contributed by atoms with Crippen LogP contribution in [-0.4, -0.2) is 6.04 Å². The van der Waals surface area contributed by atoms with E-state index in [-0.39, 0.29) is 0 Å². The van der Waals surface area contributed by atoms with Crippen LogP contribution in [0.1, 0.15) is 52.4 Å². The van der Waals surface area contributed by atoms with Crippen molar-refractivity contribution in [3.05, 3.63) is 12.2 Å². The fourth-order valence-electron chi connectivity index (χ4n) is 2.90. The van der Waals surface area contributed by atoms with E-state index in [2.05, 4.69) is 25.9 Å². The van der Waals surface area contributed by atoms with Crippen LogP contribution in [0.3, 0.4) is 0 Å². The second kappa shape index (κ2) is 6.29. The van der Waals surface area contributed by atoms with E-state index < -0.39 is 0 Å². The SMILES string of the molecule is C=C(C)C(NN)C1CCC(CCC)CC1. The lowest BCUT2D eigenvalue weighted by Crippen LogP contribution is -2.42. The Morgan fingerprint density at radius 1 is 1.40 bits per heavy atom. The molecule has 0 spiro atoms. The third-order valence-electron chi connectivity index (χ3n) is 3.77. The van der Waals surface area contributed by atoms with Gasteiger partial charge in [0, 0.05) is 6.04 Å². The fraction of sp³-hybridized carbons (Fsp3) is 0.846. The van der Waals surface area contributed by atoms with Gasteiger partial charge >= 0.3 is 0 Å². The Balaban J connectivity index is 2.38. The molecule has 88 valence electrons. The molecule has 1 aliphatic carbocycles. The normalized spacial score (nSPS) is 28.7. The van der Waals surface area contributed by atoms with Gasteiger partial charge in [-0.1, -0.05) is 44.8 Å². The van der Waals surface area contributed by atoms with Crippen LogP contribution in [0.15, 0.2) is 12.2 Å². The van der Waals surface area contributed by atoms with Crippen molar-refractivity contribution in [1.82, 2.24) is 5.43 Å². The van der Waals surface area contributed by atoms with E-state index in [1.54, 1.807) is 0 Å². The molecule has 0 amide bonds. The van der Waals surface area contributed by atoms with Crippen molar-refractivity contribution in [1.29, 1.82) is 0 Å². The van der Waals surface area contributed by atoms with Crippen molar-refractivity contribution in [2.45, 2.75) is 58.4 Å². The Morgan fingerprint density at radius 3 is 2.40 bits per heavy atom. The van der Waals surface area contributed by atoms with Crippen LogP contribution in [0, 0.1) is 11.8 Å². The van der Waals surface area contributed by atoms with Crippen LogP contribution in [0.4, 0.5) is 0 Å². The lowest BCUT2D eigenvalue weighted by atomic mass is 9.76. The predicted molar refractivity (Wildman–Crippen MR) is 66.3 cm³/mol. The summed E-state index contributed by atoms with van der Waals surface area (Å²) in [6.45, 7) is 8.37. The number of hydrogen-bond donors (Lipinski definition) is 2. The maximum Gasteiger partial charge on any atom is 0.0442 e. The molecule has 1 rings (SSSR count). The minimum absolute atomic E-state index is 0.326. The zero-order valence-electron chi connectivity index (χ0n) is 10.3. The van der Waals surface area contributed by atoms with E-state index in [9.17, 15) is 0 Å². The molecule has 1 fully saturated rings. The number of nitrogens with two attached hydrogens (primary N) is 1. The maximum absolute atomic E-state index is 5.59. The molecule has 0 heterocycles. The standard InChI is InChI=1S/C13H26N2/c1-4-5-11-6-8-12(9-7-11)13(15-14)10(2)3/h11-13,15H,2,4-9,14H2,1,3H3. The third kappa shape index (κ3) is 3.62. The quantitative estimate of drug-likeness (QED) is 0.416. The number of nitrogens with one attached hydrogen (secondary N) is 1. The van der Waals surface area contributed by atoms with E-state index in [0.717, 1.165) is 5.92 Å². The van der Waals surface area contributed by atoms with Gasteiger partial charge < -0.3 is 0 Å². The molecule has 2 heteroatoms. The molecular formula is C13H26N2. The summed E-state index contributed by atoms with van der Waals surface area (Å²) in [5.41, 5.74) is 4.10. The van der Waals surface area contributed by atoms with Crippen molar-refractivity contribution in [2.75, 3.05) is 0 Å². The van der Waals surface area contributed by atoms with Crippen LogP contribution in [0.2, 0.25) is 0 Å². The molecular weight excluding hydrogens is 184 g/mol. The van der Waals surface area contributed by atoms with Crippen molar-refractivity contribution < 1.29 is 0 Å². The van der Waals surface area contributed by atoms with Gasteiger partial charge in [0.05, 0.1) is 0 Å². The van der Waals surface area contributed by atoms with Crippen LogP contribution in [-0.2, 0) is 0 Å². The summed E-state index contributed by atoms with van der Waals surface area (Å²) in [6.07, 6.45) is 8.11. The molecule has 0 radical (unpaired) electrons. The van der Waals surface area contributed by atoms with Crippen LogP contribution in [0.5, 0.6) is 0 Å². The van der Waals surface area contributed by atoms with E-state index >= 15 is 0 Å². The Bertz CT molecular complexity index is 193. The molecule has 1 unspecified atom stereocenters. The molecule has 3 N–H and O–H groups in total. The van der Waals surface area contributed by atoms with Crippen LogP contribution < -0.4 is 11.3 Å². The molecule has 2 nitrogen and oxygen atoms in total. The number of hydrazine groups is 1. The second-order valence-corrected chi connectivity index (χ2v) is 5.06. The highest BCUT2D eigenvalue weighted by atomic mass is 15.2. The van der Waals surface area contributed by atoms with Gasteiger partial charge in [-0.3, -0.25) is 11.3 Å². The minimum Gasteiger partial charge on any atom is -0.271 e. The van der Waals surface area contributed by atoms with Crippen molar-refractivity contribution in [2.24, 2.45) is 17.7 Å². The molecule has 1 atom stereocenters. The zero-order valence-corrected chi connectivity index (χ0v) is 10.3. The van der Waals surface area contributed by atoms with E-state index in [0.29, 0.717) is 12.0 Å². The molecule has 15 heavy (non-hydrogen) atoms. The number of hydrogen-bond acceptors (Lipinski definition) is 2. The first-order valence-corrected chi connectivity index (χ1v) is 6.30. The Hall–Kier alpha value is -0.340. The average Bonchev–Trinajstić information content (AvgIpc) is 2.21. The largest absolute Gasteiger partial charge is 0.271 e. The topological polar surface area (TPSA) is 38.0 Å². The molecule has 0 saturated heterocycles. The first-order chi connectivity index (χ1) is 7.19. The summed E-state index contributed by atoms with van der Waals surface area (Å²) < 4.78 is 0. The summed E-state index contributed by atoms with van der Waals surface area (Å²) in [5, 5.41) is 0. The highest BCUT2D eigenvalue weighted by molar-refractivity contribution is 5.04. The van der Waals surface area contributed by atoms with Gasteiger partial charge in [0.1, 0.15) is 0 Å². The van der Waals surface area contributed by atoms with Gasteiger partial charge in [0.15, 0.2) is 0 Å². The van der Waals surface area contributed by atoms with Crippen molar-refractivity contribution >= 4 is 0 Å². The molecule has 0 aromatic heterocycles. The van der Waals surface area contributed by atoms with E-state index in [1.807, 2.05) is 0 Å². The van der Waals surface area contributed by atoms with Crippen molar-refractivity contribution in [3.8, 4) is 0 Å². The lowest BCUT2D eigenvalue weighted by Gasteiger charge is -2.33. The first kappa shape index (κ1) is 12.7. The van der Waals surface area contributed by atoms with Crippen LogP contribution >= 0.6 is 0 Å². The molecule has 0 aromatic carbocycles. The van der Waals surface area contributed by atoms with Gasteiger partial charge in [-0.05, 0) is 31.6 Å². The molecule has 1 aliphatic rings. The average molecular weight is 210 g/mol. The highest BCUT2D eigenvalue weighted by Crippen LogP contribution is 2.34. The molecule has 1 saturated carbocycles. The summed E-state index contributed by atoms with van der Waals surface area (Å²) in [4.78, 5) is 0. The Labute approximate surface area is 94.3 Å². The van der Waals surface area contributed by atoms with Gasteiger partial charge in [0.2, 0.25) is 0 Å². The highest BCUT2D eigenvalue weighted by Gasteiger charge is 2.26. The monoisotopic (exact) mass is 210 g/mol. The van der Waals surface area contributed by atoms with E-state index in [1.165, 1.54) is 44.1 Å². The smallest absolute Gasteiger partial charge is 0.0442 e. The Morgan fingerprint density at radius 2 is 2.00 bits per heavy atom. The van der Waals surface area contributed by atoms with Crippen molar-refractivity contribution in [3.63, 3.8) is 0 Å².